The lowest BCUT2D eigenvalue weighted by atomic mass is 10.2. The normalized spacial score (nSPS) is 10.7. The first-order valence-corrected chi connectivity index (χ1v) is 8.76. The van der Waals surface area contributed by atoms with Gasteiger partial charge in [0, 0.05) is 18.3 Å². The lowest BCUT2D eigenvalue weighted by Gasteiger charge is -2.16. The Labute approximate surface area is 155 Å². The fourth-order valence-corrected chi connectivity index (χ4v) is 3.52. The van der Waals surface area contributed by atoms with Gasteiger partial charge in [0.05, 0.1) is 7.14 Å². The predicted molar refractivity (Wildman–Crippen MR) is 104 cm³/mol. The molecule has 0 saturated carbocycles. The first-order chi connectivity index (χ1) is 10.6. The van der Waals surface area contributed by atoms with Crippen LogP contribution in [-0.4, -0.2) is 7.05 Å². The molecule has 0 N–H and O–H groups in total. The van der Waals surface area contributed by atoms with Crippen molar-refractivity contribution in [1.29, 1.82) is 0 Å². The van der Waals surface area contributed by atoms with Crippen LogP contribution in [-0.2, 0) is 0 Å². The lowest BCUT2D eigenvalue weighted by molar-refractivity contribution is 0.581. The quantitative estimate of drug-likeness (QED) is 0.392. The molecule has 3 aromatic rings. The Morgan fingerprint density at radius 2 is 1.55 bits per heavy atom. The first-order valence-electron chi connectivity index (χ1n) is 6.60. The summed E-state index contributed by atoms with van der Waals surface area (Å²) >= 11 is 4.58. The van der Waals surface area contributed by atoms with Crippen molar-refractivity contribution in [3.63, 3.8) is 0 Å². The monoisotopic (exact) mass is 519 g/mol. The third-order valence-electron chi connectivity index (χ3n) is 3.33. The zero-order chi connectivity index (χ0) is 15.7. The molecule has 3 rings (SSSR count). The Morgan fingerprint density at radius 1 is 0.909 bits per heavy atom. The molecule has 1 aromatic heterocycles. The van der Waals surface area contributed by atoms with Crippen molar-refractivity contribution < 1.29 is 8.81 Å². The number of rotatable bonds is 3. The van der Waals surface area contributed by atoms with E-state index in [1.807, 2.05) is 42.3 Å². The highest BCUT2D eigenvalue weighted by Crippen LogP contribution is 2.40. The van der Waals surface area contributed by atoms with Crippen LogP contribution in [0.2, 0.25) is 0 Å². The largest absolute Gasteiger partial charge is 0.438 e. The first kappa shape index (κ1) is 15.8. The number of furan rings is 1. The maximum Gasteiger partial charge on any atom is 0.214 e. The summed E-state index contributed by atoms with van der Waals surface area (Å²) in [6.07, 6.45) is 0. The van der Waals surface area contributed by atoms with Crippen LogP contribution in [0.25, 0.3) is 11.3 Å². The minimum atomic E-state index is -0.245. The zero-order valence-electron chi connectivity index (χ0n) is 11.7. The van der Waals surface area contributed by atoms with Gasteiger partial charge in [0.2, 0.25) is 5.88 Å². The van der Waals surface area contributed by atoms with Crippen LogP contribution in [0, 0.1) is 13.0 Å². The number of nitrogens with zero attached hydrogens (tertiary/aromatic N) is 1. The van der Waals surface area contributed by atoms with Gasteiger partial charge in [-0.15, -0.1) is 0 Å². The van der Waals surface area contributed by atoms with E-state index in [2.05, 4.69) is 45.2 Å². The van der Waals surface area contributed by atoms with E-state index in [0.717, 1.165) is 30.0 Å². The molecule has 2 nitrogen and oxygen atoms in total. The molecule has 0 unspecified atom stereocenters. The van der Waals surface area contributed by atoms with Crippen molar-refractivity contribution in [2.75, 3.05) is 11.9 Å². The molecule has 1 heterocycles. The maximum atomic E-state index is 13.1. The third kappa shape index (κ3) is 3.01. The summed E-state index contributed by atoms with van der Waals surface area (Å²) in [6, 6.07) is 16.4. The molecule has 0 aliphatic rings. The topological polar surface area (TPSA) is 16.4 Å². The summed E-state index contributed by atoms with van der Waals surface area (Å²) in [5.41, 5.74) is 1.92. The SMILES string of the molecule is CN(c1ccc(F)cc1)c1oc(-c2ccccc2)c(I)c1I. The molecule has 22 heavy (non-hydrogen) atoms. The molecule has 0 aliphatic carbocycles. The van der Waals surface area contributed by atoms with E-state index in [9.17, 15) is 4.39 Å². The summed E-state index contributed by atoms with van der Waals surface area (Å²) in [6.45, 7) is 0. The zero-order valence-corrected chi connectivity index (χ0v) is 16.0. The van der Waals surface area contributed by atoms with Gasteiger partial charge in [0.1, 0.15) is 5.82 Å². The van der Waals surface area contributed by atoms with E-state index >= 15 is 0 Å². The molecule has 0 saturated heterocycles. The van der Waals surface area contributed by atoms with E-state index in [-0.39, 0.29) is 5.82 Å². The number of anilines is 2. The number of halogens is 3. The molecule has 112 valence electrons. The summed E-state index contributed by atoms with van der Waals surface area (Å²) < 4.78 is 21.3. The summed E-state index contributed by atoms with van der Waals surface area (Å²) in [4.78, 5) is 1.93. The van der Waals surface area contributed by atoms with Crippen molar-refractivity contribution in [2.45, 2.75) is 0 Å². The average Bonchev–Trinajstić information content (AvgIpc) is 2.84. The maximum absolute atomic E-state index is 13.1. The lowest BCUT2D eigenvalue weighted by Crippen LogP contribution is -2.09. The van der Waals surface area contributed by atoms with Crippen molar-refractivity contribution in [3.8, 4) is 11.3 Å². The van der Waals surface area contributed by atoms with E-state index in [1.165, 1.54) is 12.1 Å². The van der Waals surface area contributed by atoms with Crippen LogP contribution >= 0.6 is 45.2 Å². The van der Waals surface area contributed by atoms with Gasteiger partial charge in [-0.25, -0.2) is 4.39 Å². The molecule has 0 fully saturated rings. The standard InChI is InChI=1S/C17H12FI2NO/c1-21(13-9-7-12(18)8-10-13)17-15(20)14(19)16(22-17)11-5-3-2-4-6-11/h2-10H,1H3. The fourth-order valence-electron chi connectivity index (χ4n) is 2.15. The second-order valence-electron chi connectivity index (χ2n) is 4.77. The number of hydrogen-bond acceptors (Lipinski definition) is 2. The Morgan fingerprint density at radius 3 is 2.18 bits per heavy atom. The minimum absolute atomic E-state index is 0.245. The van der Waals surface area contributed by atoms with Crippen LogP contribution in [0.3, 0.4) is 0 Å². The van der Waals surface area contributed by atoms with Crippen LogP contribution in [0.4, 0.5) is 16.0 Å². The van der Waals surface area contributed by atoms with Crippen LogP contribution in [0.5, 0.6) is 0 Å². The number of benzene rings is 2. The molecule has 0 spiro atoms. The Bertz CT molecular complexity index is 784. The summed E-state index contributed by atoms with van der Waals surface area (Å²) in [5.74, 6) is 1.37. The van der Waals surface area contributed by atoms with Crippen LogP contribution in [0.15, 0.2) is 59.0 Å². The van der Waals surface area contributed by atoms with E-state index in [4.69, 9.17) is 4.42 Å². The molecular formula is C17H12FI2NO. The van der Waals surface area contributed by atoms with Crippen molar-refractivity contribution in [1.82, 2.24) is 0 Å². The van der Waals surface area contributed by atoms with Crippen molar-refractivity contribution in [3.05, 3.63) is 67.6 Å². The second kappa shape index (κ2) is 6.57. The predicted octanol–water partition coefficient (Wildman–Crippen LogP) is 6.06. The van der Waals surface area contributed by atoms with Gasteiger partial charge in [-0.05, 0) is 69.4 Å². The molecule has 0 bridgehead atoms. The molecule has 0 aliphatic heterocycles. The fraction of sp³-hybridized carbons (Fsp3) is 0.0588. The molecular weight excluding hydrogens is 507 g/mol. The Hall–Kier alpha value is -1.09. The summed E-state index contributed by atoms with van der Waals surface area (Å²) in [7, 11) is 1.92. The molecule has 5 heteroatoms. The van der Waals surface area contributed by atoms with E-state index in [0.29, 0.717) is 0 Å². The summed E-state index contributed by atoms with van der Waals surface area (Å²) in [5, 5.41) is 0. The van der Waals surface area contributed by atoms with Crippen LogP contribution in [0.1, 0.15) is 0 Å². The van der Waals surface area contributed by atoms with E-state index in [1.54, 1.807) is 12.1 Å². The average molecular weight is 519 g/mol. The van der Waals surface area contributed by atoms with Crippen molar-refractivity contribution in [2.24, 2.45) is 0 Å². The third-order valence-corrected chi connectivity index (χ3v) is 6.40. The highest BCUT2D eigenvalue weighted by atomic mass is 127. The Kier molecular flexibility index (Phi) is 4.72. The van der Waals surface area contributed by atoms with Crippen molar-refractivity contribution >= 4 is 56.8 Å². The molecule has 0 amide bonds. The van der Waals surface area contributed by atoms with Gasteiger partial charge >= 0.3 is 0 Å². The van der Waals surface area contributed by atoms with Gasteiger partial charge in [-0.1, -0.05) is 30.3 Å². The Balaban J connectivity index is 2.03. The molecule has 2 aromatic carbocycles. The highest BCUT2D eigenvalue weighted by Gasteiger charge is 2.21. The van der Waals surface area contributed by atoms with Crippen LogP contribution < -0.4 is 4.90 Å². The highest BCUT2D eigenvalue weighted by molar-refractivity contribution is 14.1. The molecule has 0 radical (unpaired) electrons. The van der Waals surface area contributed by atoms with Gasteiger partial charge < -0.3 is 9.32 Å². The van der Waals surface area contributed by atoms with Gasteiger partial charge in [0.15, 0.2) is 5.76 Å². The minimum Gasteiger partial charge on any atom is -0.438 e. The molecule has 0 atom stereocenters. The number of hydrogen-bond donors (Lipinski definition) is 0. The van der Waals surface area contributed by atoms with Gasteiger partial charge in [-0.3, -0.25) is 0 Å². The second-order valence-corrected chi connectivity index (χ2v) is 6.92. The van der Waals surface area contributed by atoms with E-state index < -0.39 is 0 Å². The van der Waals surface area contributed by atoms with Gasteiger partial charge in [-0.2, -0.15) is 0 Å². The van der Waals surface area contributed by atoms with Gasteiger partial charge in [0.25, 0.3) is 0 Å². The smallest absolute Gasteiger partial charge is 0.214 e.